The van der Waals surface area contributed by atoms with Gasteiger partial charge in [0.25, 0.3) is 0 Å². The predicted molar refractivity (Wildman–Crippen MR) is 138 cm³/mol. The highest BCUT2D eigenvalue weighted by Gasteiger charge is 2.25. The molecule has 0 spiro atoms. The van der Waals surface area contributed by atoms with Gasteiger partial charge in [-0.15, -0.1) is 0 Å². The van der Waals surface area contributed by atoms with Crippen molar-refractivity contribution < 1.29 is 15.0 Å². The van der Waals surface area contributed by atoms with Gasteiger partial charge in [0.15, 0.2) is 0 Å². The summed E-state index contributed by atoms with van der Waals surface area (Å²) in [4.78, 5) is 14.0. The van der Waals surface area contributed by atoms with Gasteiger partial charge in [0.1, 0.15) is 5.75 Å². The number of rotatable bonds is 8. The summed E-state index contributed by atoms with van der Waals surface area (Å²) < 4.78 is 0. The van der Waals surface area contributed by atoms with Crippen LogP contribution in [0.5, 0.6) is 5.75 Å². The molecule has 0 aromatic heterocycles. The number of likely N-dealkylation sites (tertiary alicyclic amines) is 1. The lowest BCUT2D eigenvalue weighted by molar-refractivity contribution is -0.136. The molecule has 4 rings (SSSR count). The third kappa shape index (κ3) is 5.57. The number of phenols is 1. The quantitative estimate of drug-likeness (QED) is 0.385. The second-order valence-electron chi connectivity index (χ2n) is 9.36. The van der Waals surface area contributed by atoms with Gasteiger partial charge in [-0.1, -0.05) is 66.7 Å². The van der Waals surface area contributed by atoms with Gasteiger partial charge in [-0.25, -0.2) is 0 Å². The summed E-state index contributed by atoms with van der Waals surface area (Å²) in [5, 5.41) is 19.6. The zero-order valence-electron chi connectivity index (χ0n) is 19.9. The van der Waals surface area contributed by atoms with Gasteiger partial charge in [0.2, 0.25) is 0 Å². The lowest BCUT2D eigenvalue weighted by Gasteiger charge is -2.21. The minimum atomic E-state index is -0.824. The topological polar surface area (TPSA) is 60.8 Å². The molecule has 4 nitrogen and oxygen atoms in total. The Kier molecular flexibility index (Phi) is 7.49. The van der Waals surface area contributed by atoms with Crippen LogP contribution < -0.4 is 0 Å². The average Bonchev–Trinajstić information content (AvgIpc) is 3.33. The van der Waals surface area contributed by atoms with E-state index in [2.05, 4.69) is 43.0 Å². The van der Waals surface area contributed by atoms with Crippen LogP contribution in [0, 0.1) is 0 Å². The molecule has 176 valence electrons. The van der Waals surface area contributed by atoms with Gasteiger partial charge in [-0.2, -0.15) is 0 Å². The molecule has 34 heavy (non-hydrogen) atoms. The van der Waals surface area contributed by atoms with Crippen molar-refractivity contribution in [2.24, 2.45) is 0 Å². The van der Waals surface area contributed by atoms with Crippen molar-refractivity contribution in [3.05, 3.63) is 101 Å². The Morgan fingerprint density at radius 3 is 2.24 bits per heavy atom. The molecular weight excluding hydrogens is 422 g/mol. The minimum Gasteiger partial charge on any atom is -0.508 e. The number of aliphatic carboxylic acids is 1. The standard InChI is InChI=1S/C30H33NO3/c1-21(2)31-18-17-26(20-31)22-11-13-24(14-12-22)30(25-9-6-10-27(32)19-25)28(15-16-29(33)34)23-7-4-3-5-8-23/h3-14,19,21,26,32H,15-18,20H2,1-2H3,(H,33,34)/b30-28+. The normalized spacial score (nSPS) is 17.1. The molecule has 4 heteroatoms. The highest BCUT2D eigenvalue weighted by molar-refractivity contribution is 5.99. The van der Waals surface area contributed by atoms with Crippen LogP contribution in [-0.4, -0.2) is 40.2 Å². The van der Waals surface area contributed by atoms with E-state index in [1.165, 1.54) is 12.0 Å². The molecule has 3 aromatic rings. The van der Waals surface area contributed by atoms with Crippen molar-refractivity contribution in [3.8, 4) is 5.75 Å². The summed E-state index contributed by atoms with van der Waals surface area (Å²) in [7, 11) is 0. The van der Waals surface area contributed by atoms with E-state index in [1.54, 1.807) is 12.1 Å². The summed E-state index contributed by atoms with van der Waals surface area (Å²) in [6.45, 7) is 6.71. The van der Waals surface area contributed by atoms with E-state index in [0.29, 0.717) is 18.4 Å². The van der Waals surface area contributed by atoms with Gasteiger partial charge in [0.05, 0.1) is 0 Å². The van der Waals surface area contributed by atoms with E-state index < -0.39 is 5.97 Å². The van der Waals surface area contributed by atoms with Crippen molar-refractivity contribution in [1.29, 1.82) is 0 Å². The number of nitrogens with zero attached hydrogens (tertiary/aromatic N) is 1. The minimum absolute atomic E-state index is 0.0394. The number of hydrogen-bond donors (Lipinski definition) is 2. The maximum absolute atomic E-state index is 11.5. The van der Waals surface area contributed by atoms with Crippen molar-refractivity contribution in [1.82, 2.24) is 4.90 Å². The van der Waals surface area contributed by atoms with E-state index in [1.807, 2.05) is 42.5 Å². The van der Waals surface area contributed by atoms with Crippen molar-refractivity contribution in [2.45, 2.75) is 45.1 Å². The predicted octanol–water partition coefficient (Wildman–Crippen LogP) is 6.41. The van der Waals surface area contributed by atoms with Crippen LogP contribution in [0.2, 0.25) is 0 Å². The fourth-order valence-corrected chi connectivity index (χ4v) is 4.91. The number of phenolic OH excluding ortho intramolecular Hbond substituents is 1. The molecule has 3 aromatic carbocycles. The first-order valence-electron chi connectivity index (χ1n) is 12.1. The van der Waals surface area contributed by atoms with E-state index in [0.717, 1.165) is 40.9 Å². The number of carboxylic acid groups (broad SMARTS) is 1. The lowest BCUT2D eigenvalue weighted by Crippen LogP contribution is -2.27. The number of carboxylic acids is 1. The zero-order chi connectivity index (χ0) is 24.1. The van der Waals surface area contributed by atoms with Crippen LogP contribution in [-0.2, 0) is 4.79 Å². The molecule has 2 N–H and O–H groups in total. The molecule has 1 aliphatic rings. The Morgan fingerprint density at radius 1 is 0.912 bits per heavy atom. The van der Waals surface area contributed by atoms with Crippen LogP contribution in [0.1, 0.15) is 61.3 Å². The summed E-state index contributed by atoms with van der Waals surface area (Å²) >= 11 is 0. The Balaban J connectivity index is 1.79. The monoisotopic (exact) mass is 455 g/mol. The molecule has 0 aliphatic carbocycles. The summed E-state index contributed by atoms with van der Waals surface area (Å²) in [5.41, 5.74) is 6.17. The van der Waals surface area contributed by atoms with E-state index in [9.17, 15) is 15.0 Å². The van der Waals surface area contributed by atoms with Crippen LogP contribution in [0.4, 0.5) is 0 Å². The Morgan fingerprint density at radius 2 is 1.62 bits per heavy atom. The Labute approximate surface area is 202 Å². The molecule has 0 amide bonds. The van der Waals surface area contributed by atoms with Crippen molar-refractivity contribution >= 4 is 17.1 Å². The average molecular weight is 456 g/mol. The zero-order valence-corrected chi connectivity index (χ0v) is 19.9. The highest BCUT2D eigenvalue weighted by Crippen LogP contribution is 2.37. The number of aromatic hydroxyl groups is 1. The second kappa shape index (κ2) is 10.7. The summed E-state index contributed by atoms with van der Waals surface area (Å²) in [6.07, 6.45) is 1.61. The number of carbonyl (C=O) groups is 1. The number of benzene rings is 3. The first kappa shape index (κ1) is 23.8. The second-order valence-corrected chi connectivity index (χ2v) is 9.36. The first-order chi connectivity index (χ1) is 16.4. The lowest BCUT2D eigenvalue weighted by atomic mass is 9.86. The van der Waals surface area contributed by atoms with Crippen molar-refractivity contribution in [2.75, 3.05) is 13.1 Å². The molecule has 1 aliphatic heterocycles. The van der Waals surface area contributed by atoms with Crippen LogP contribution in [0.3, 0.4) is 0 Å². The molecule has 1 unspecified atom stereocenters. The molecule has 0 bridgehead atoms. The van der Waals surface area contributed by atoms with Gasteiger partial charge in [-0.05, 0) is 84.7 Å². The molecule has 1 fully saturated rings. The molecule has 1 saturated heterocycles. The Hall–Kier alpha value is -3.37. The maximum Gasteiger partial charge on any atom is 0.303 e. The third-order valence-electron chi connectivity index (χ3n) is 6.77. The molecular formula is C30H33NO3. The smallest absolute Gasteiger partial charge is 0.303 e. The van der Waals surface area contributed by atoms with Gasteiger partial charge in [0, 0.05) is 19.0 Å². The largest absolute Gasteiger partial charge is 0.508 e. The summed E-state index contributed by atoms with van der Waals surface area (Å²) in [6, 6.07) is 26.5. The molecule has 1 atom stereocenters. The fraction of sp³-hybridized carbons (Fsp3) is 0.300. The Bertz CT molecular complexity index is 1150. The van der Waals surface area contributed by atoms with E-state index in [4.69, 9.17) is 0 Å². The number of hydrogen-bond acceptors (Lipinski definition) is 3. The van der Waals surface area contributed by atoms with Crippen LogP contribution in [0.15, 0.2) is 78.9 Å². The molecule has 0 saturated carbocycles. The van der Waals surface area contributed by atoms with Crippen LogP contribution in [0.25, 0.3) is 11.1 Å². The maximum atomic E-state index is 11.5. The summed E-state index contributed by atoms with van der Waals surface area (Å²) in [5.74, 6) is -0.0998. The molecule has 1 heterocycles. The van der Waals surface area contributed by atoms with Gasteiger partial charge >= 0.3 is 5.97 Å². The van der Waals surface area contributed by atoms with E-state index >= 15 is 0 Å². The van der Waals surface area contributed by atoms with Gasteiger partial charge in [-0.3, -0.25) is 4.79 Å². The SMILES string of the molecule is CC(C)N1CCC(c2ccc(/C(=C(/CCC(=O)O)c3ccccc3)c3cccc(O)c3)cc2)C1. The van der Waals surface area contributed by atoms with E-state index in [-0.39, 0.29) is 12.2 Å². The number of allylic oxidation sites excluding steroid dienone is 1. The van der Waals surface area contributed by atoms with Gasteiger partial charge < -0.3 is 15.1 Å². The third-order valence-corrected chi connectivity index (χ3v) is 6.77. The highest BCUT2D eigenvalue weighted by atomic mass is 16.4. The molecule has 0 radical (unpaired) electrons. The first-order valence-corrected chi connectivity index (χ1v) is 12.1. The van der Waals surface area contributed by atoms with Crippen LogP contribution >= 0.6 is 0 Å². The fourth-order valence-electron chi connectivity index (χ4n) is 4.91. The van der Waals surface area contributed by atoms with Crippen molar-refractivity contribution in [3.63, 3.8) is 0 Å².